The second-order valence-electron chi connectivity index (χ2n) is 3.64. The number of rotatable bonds is 2. The van der Waals surface area contributed by atoms with Crippen molar-refractivity contribution < 1.29 is 5.11 Å². The lowest BCUT2D eigenvalue weighted by Crippen LogP contribution is -2.02. The number of hydrogen-bond donors (Lipinski definition) is 2. The molecule has 0 bridgehead atoms. The molecular formula is C11H17NO. The summed E-state index contributed by atoms with van der Waals surface area (Å²) in [4.78, 5) is 0. The van der Waals surface area contributed by atoms with Crippen LogP contribution >= 0.6 is 0 Å². The molecule has 0 saturated heterocycles. The molecule has 0 radical (unpaired) electrons. The number of benzene rings is 1. The van der Waals surface area contributed by atoms with E-state index in [0.29, 0.717) is 0 Å². The Kier molecular flexibility index (Phi) is 2.94. The highest BCUT2D eigenvalue weighted by Crippen LogP contribution is 2.23. The maximum absolute atomic E-state index is 9.00. The third-order valence-corrected chi connectivity index (χ3v) is 2.57. The van der Waals surface area contributed by atoms with Crippen molar-refractivity contribution in [1.82, 2.24) is 0 Å². The molecule has 0 aliphatic carbocycles. The molecule has 3 N–H and O–H groups in total. The summed E-state index contributed by atoms with van der Waals surface area (Å²) < 4.78 is 0. The highest BCUT2D eigenvalue weighted by atomic mass is 16.3. The molecule has 2 nitrogen and oxygen atoms in total. The van der Waals surface area contributed by atoms with Gasteiger partial charge in [-0.3, -0.25) is 0 Å². The first-order valence-electron chi connectivity index (χ1n) is 4.53. The van der Waals surface area contributed by atoms with E-state index in [1.165, 1.54) is 5.56 Å². The van der Waals surface area contributed by atoms with E-state index in [0.717, 1.165) is 16.8 Å². The molecule has 0 saturated carbocycles. The molecule has 0 aliphatic rings. The fourth-order valence-corrected chi connectivity index (χ4v) is 1.31. The molecule has 2 heteroatoms. The van der Waals surface area contributed by atoms with Gasteiger partial charge in [-0.05, 0) is 36.6 Å². The molecular weight excluding hydrogens is 162 g/mol. The molecule has 1 aromatic rings. The van der Waals surface area contributed by atoms with Crippen molar-refractivity contribution in [2.24, 2.45) is 0 Å². The van der Waals surface area contributed by atoms with Crippen LogP contribution in [0.5, 0.6) is 0 Å². The molecule has 1 aromatic carbocycles. The molecule has 0 amide bonds. The molecule has 72 valence electrons. The molecule has 0 heterocycles. The van der Waals surface area contributed by atoms with Crippen LogP contribution in [-0.2, 0) is 0 Å². The van der Waals surface area contributed by atoms with E-state index < -0.39 is 0 Å². The number of aryl methyl sites for hydroxylation is 1. The molecule has 1 rings (SSSR count). The van der Waals surface area contributed by atoms with Crippen molar-refractivity contribution in [1.29, 1.82) is 0 Å². The van der Waals surface area contributed by atoms with E-state index >= 15 is 0 Å². The van der Waals surface area contributed by atoms with E-state index in [1.54, 1.807) is 0 Å². The zero-order chi connectivity index (χ0) is 10.0. The summed E-state index contributed by atoms with van der Waals surface area (Å²) in [5, 5.41) is 9.00. The van der Waals surface area contributed by atoms with Gasteiger partial charge in [0.15, 0.2) is 0 Å². The Hall–Kier alpha value is -1.02. The predicted molar refractivity (Wildman–Crippen MR) is 55.8 cm³/mol. The quantitative estimate of drug-likeness (QED) is 0.682. The molecule has 13 heavy (non-hydrogen) atoms. The van der Waals surface area contributed by atoms with Crippen molar-refractivity contribution >= 4 is 5.69 Å². The van der Waals surface area contributed by atoms with Gasteiger partial charge in [0.25, 0.3) is 0 Å². The maximum Gasteiger partial charge on any atom is 0.0497 e. The van der Waals surface area contributed by atoms with E-state index in [-0.39, 0.29) is 12.5 Å². The van der Waals surface area contributed by atoms with Gasteiger partial charge in [-0.25, -0.2) is 0 Å². The fourth-order valence-electron chi connectivity index (χ4n) is 1.31. The number of aliphatic hydroxyl groups excluding tert-OH is 1. The van der Waals surface area contributed by atoms with Crippen LogP contribution in [0.25, 0.3) is 0 Å². The van der Waals surface area contributed by atoms with Crippen LogP contribution in [0.4, 0.5) is 5.69 Å². The summed E-state index contributed by atoms with van der Waals surface area (Å²) >= 11 is 0. The standard InChI is InChI=1S/C11H17NO/c1-7-4-10(8(2)6-13)5-11(12)9(7)3/h4-5,8,13H,6,12H2,1-3H3. The zero-order valence-electron chi connectivity index (χ0n) is 8.46. The summed E-state index contributed by atoms with van der Waals surface area (Å²) in [5.41, 5.74) is 10.1. The molecule has 0 aliphatic heterocycles. The lowest BCUT2D eigenvalue weighted by Gasteiger charge is -2.12. The van der Waals surface area contributed by atoms with Crippen molar-refractivity contribution in [2.45, 2.75) is 26.7 Å². The first kappa shape index (κ1) is 10.1. The Morgan fingerprint density at radius 2 is 2.00 bits per heavy atom. The minimum atomic E-state index is 0.168. The van der Waals surface area contributed by atoms with Crippen LogP contribution in [0.1, 0.15) is 29.5 Å². The minimum Gasteiger partial charge on any atom is -0.398 e. The molecule has 1 atom stereocenters. The number of anilines is 1. The summed E-state index contributed by atoms with van der Waals surface area (Å²) in [6, 6.07) is 4.04. The summed E-state index contributed by atoms with van der Waals surface area (Å²) in [6.45, 7) is 6.21. The van der Waals surface area contributed by atoms with E-state index in [1.807, 2.05) is 26.8 Å². The topological polar surface area (TPSA) is 46.2 Å². The fraction of sp³-hybridized carbons (Fsp3) is 0.455. The van der Waals surface area contributed by atoms with Gasteiger partial charge in [0.2, 0.25) is 0 Å². The number of aliphatic hydroxyl groups is 1. The second-order valence-corrected chi connectivity index (χ2v) is 3.64. The van der Waals surface area contributed by atoms with Crippen molar-refractivity contribution in [3.63, 3.8) is 0 Å². The number of nitrogen functional groups attached to an aromatic ring is 1. The van der Waals surface area contributed by atoms with Gasteiger partial charge in [0, 0.05) is 18.2 Å². The van der Waals surface area contributed by atoms with Crippen molar-refractivity contribution in [2.75, 3.05) is 12.3 Å². The van der Waals surface area contributed by atoms with Crippen LogP contribution in [0.3, 0.4) is 0 Å². The number of nitrogens with two attached hydrogens (primary N) is 1. The number of hydrogen-bond acceptors (Lipinski definition) is 2. The maximum atomic E-state index is 9.00. The Labute approximate surface area is 79.4 Å². The average molecular weight is 179 g/mol. The smallest absolute Gasteiger partial charge is 0.0497 e. The Balaban J connectivity index is 3.13. The first-order chi connectivity index (χ1) is 6.06. The third kappa shape index (κ3) is 2.01. The zero-order valence-corrected chi connectivity index (χ0v) is 8.46. The highest BCUT2D eigenvalue weighted by molar-refractivity contribution is 5.53. The van der Waals surface area contributed by atoms with Gasteiger partial charge in [-0.1, -0.05) is 13.0 Å². The van der Waals surface area contributed by atoms with Gasteiger partial charge < -0.3 is 10.8 Å². The van der Waals surface area contributed by atoms with Crippen molar-refractivity contribution in [3.8, 4) is 0 Å². The van der Waals surface area contributed by atoms with Crippen LogP contribution in [-0.4, -0.2) is 11.7 Å². The van der Waals surface area contributed by atoms with Crippen LogP contribution in [0, 0.1) is 13.8 Å². The monoisotopic (exact) mass is 179 g/mol. The van der Waals surface area contributed by atoms with E-state index in [9.17, 15) is 0 Å². The van der Waals surface area contributed by atoms with Gasteiger partial charge in [-0.2, -0.15) is 0 Å². The summed E-state index contributed by atoms with van der Waals surface area (Å²) in [7, 11) is 0. The normalized spacial score (nSPS) is 12.9. The Bertz CT molecular complexity index is 284. The molecule has 0 aromatic heterocycles. The lowest BCUT2D eigenvalue weighted by atomic mass is 9.96. The average Bonchev–Trinajstić information content (AvgIpc) is 2.12. The Morgan fingerprint density at radius 3 is 2.46 bits per heavy atom. The minimum absolute atomic E-state index is 0.168. The van der Waals surface area contributed by atoms with Gasteiger partial charge in [0.05, 0.1) is 0 Å². The van der Waals surface area contributed by atoms with E-state index in [2.05, 4.69) is 6.07 Å². The summed E-state index contributed by atoms with van der Waals surface area (Å²) in [5.74, 6) is 0.168. The van der Waals surface area contributed by atoms with Crippen LogP contribution in [0.2, 0.25) is 0 Å². The SMILES string of the molecule is Cc1cc(C(C)CO)cc(N)c1C. The van der Waals surface area contributed by atoms with Crippen LogP contribution in [0.15, 0.2) is 12.1 Å². The predicted octanol–water partition coefficient (Wildman–Crippen LogP) is 1.98. The Morgan fingerprint density at radius 1 is 1.38 bits per heavy atom. The third-order valence-electron chi connectivity index (χ3n) is 2.57. The van der Waals surface area contributed by atoms with Gasteiger partial charge >= 0.3 is 0 Å². The molecule has 0 fully saturated rings. The van der Waals surface area contributed by atoms with Crippen molar-refractivity contribution in [3.05, 3.63) is 28.8 Å². The largest absolute Gasteiger partial charge is 0.398 e. The molecule has 0 spiro atoms. The summed E-state index contributed by atoms with van der Waals surface area (Å²) in [6.07, 6.45) is 0. The highest BCUT2D eigenvalue weighted by Gasteiger charge is 2.07. The van der Waals surface area contributed by atoms with Gasteiger partial charge in [0.1, 0.15) is 0 Å². The lowest BCUT2D eigenvalue weighted by molar-refractivity contribution is 0.273. The first-order valence-corrected chi connectivity index (χ1v) is 4.53. The van der Waals surface area contributed by atoms with Crippen LogP contribution < -0.4 is 5.73 Å². The van der Waals surface area contributed by atoms with E-state index in [4.69, 9.17) is 10.8 Å². The second kappa shape index (κ2) is 3.79. The van der Waals surface area contributed by atoms with Gasteiger partial charge in [-0.15, -0.1) is 0 Å². The molecule has 1 unspecified atom stereocenters.